The summed E-state index contributed by atoms with van der Waals surface area (Å²) in [6, 6.07) is 11.9. The Bertz CT molecular complexity index is 1270. The van der Waals surface area contributed by atoms with Gasteiger partial charge in [-0.05, 0) is 47.8 Å². The molecule has 7 nitrogen and oxygen atoms in total. The predicted octanol–water partition coefficient (Wildman–Crippen LogP) is 3.15. The summed E-state index contributed by atoms with van der Waals surface area (Å²) >= 11 is 1.20. The van der Waals surface area contributed by atoms with Crippen LogP contribution in [0, 0.1) is 5.82 Å². The predicted molar refractivity (Wildman–Crippen MR) is 113 cm³/mol. The molecule has 3 aromatic rings. The summed E-state index contributed by atoms with van der Waals surface area (Å²) in [4.78, 5) is 0.306. The number of ether oxygens (including phenoxy) is 2. The lowest BCUT2D eigenvalue weighted by molar-refractivity contribution is 0.171. The van der Waals surface area contributed by atoms with E-state index in [4.69, 9.17) is 9.47 Å². The summed E-state index contributed by atoms with van der Waals surface area (Å²) in [7, 11) is -8.02. The third-order valence-corrected chi connectivity index (χ3v) is 9.32. The van der Waals surface area contributed by atoms with E-state index in [9.17, 15) is 21.2 Å². The van der Waals surface area contributed by atoms with Crippen molar-refractivity contribution in [2.24, 2.45) is 0 Å². The Morgan fingerprint density at radius 2 is 1.61 bits per heavy atom. The van der Waals surface area contributed by atoms with Crippen LogP contribution in [0.2, 0.25) is 0 Å². The van der Waals surface area contributed by atoms with Gasteiger partial charge in [-0.3, -0.25) is 0 Å². The fourth-order valence-corrected chi connectivity index (χ4v) is 7.04. The molecule has 0 radical (unpaired) electrons. The van der Waals surface area contributed by atoms with Gasteiger partial charge in [0.1, 0.15) is 24.3 Å². The first-order valence-electron chi connectivity index (χ1n) is 9.19. The summed E-state index contributed by atoms with van der Waals surface area (Å²) in [6.45, 7) is 0.290. The van der Waals surface area contributed by atoms with E-state index in [1.165, 1.54) is 41.7 Å². The van der Waals surface area contributed by atoms with Gasteiger partial charge in [0.2, 0.25) is 10.0 Å². The highest BCUT2D eigenvalue weighted by molar-refractivity contribution is 7.92. The molecule has 0 bridgehead atoms. The highest BCUT2D eigenvalue weighted by Gasteiger charge is 2.32. The molecule has 2 heterocycles. The highest BCUT2D eigenvalue weighted by atomic mass is 32.2. The Hall–Kier alpha value is -2.47. The quantitative estimate of drug-likeness (QED) is 0.519. The number of nitrogens with one attached hydrogen (secondary N) is 1. The van der Waals surface area contributed by atoms with Crippen molar-refractivity contribution in [1.82, 2.24) is 4.72 Å². The standard InChI is InChI=1S/C20H18FNO6S3/c21-14-3-5-15(6-4-14)30(23,24)20(19-2-1-11-29-19)13-22-31(25,26)16-7-8-17-18(12-16)28-10-9-27-17/h1-8,11-12,20,22H,9-10,13H2/t20-/m1/s1. The van der Waals surface area contributed by atoms with Crippen molar-refractivity contribution in [3.05, 3.63) is 70.7 Å². The lowest BCUT2D eigenvalue weighted by atomic mass is 10.3. The molecule has 2 aromatic carbocycles. The molecule has 1 atom stereocenters. The van der Waals surface area contributed by atoms with E-state index >= 15 is 0 Å². The summed E-state index contributed by atoms with van der Waals surface area (Å²) in [6.07, 6.45) is 0. The highest BCUT2D eigenvalue weighted by Crippen LogP contribution is 2.34. The molecular weight excluding hydrogens is 465 g/mol. The first-order chi connectivity index (χ1) is 14.8. The Kier molecular flexibility index (Phi) is 6.02. The lowest BCUT2D eigenvalue weighted by Gasteiger charge is -2.20. The normalized spacial score (nSPS) is 14.9. The van der Waals surface area contributed by atoms with Gasteiger partial charge in [0.05, 0.1) is 9.79 Å². The topological polar surface area (TPSA) is 98.8 Å². The van der Waals surface area contributed by atoms with Crippen molar-refractivity contribution in [1.29, 1.82) is 0 Å². The average Bonchev–Trinajstić information content (AvgIpc) is 3.28. The number of sulfone groups is 1. The number of fused-ring (bicyclic) bond motifs is 1. The molecule has 0 spiro atoms. The first kappa shape index (κ1) is 21.8. The SMILES string of the molecule is O=S(=O)(NC[C@H](c1cccs1)S(=O)(=O)c1ccc(F)cc1)c1ccc2c(c1)OCCO2. The van der Waals surface area contributed by atoms with E-state index in [2.05, 4.69) is 4.72 Å². The van der Waals surface area contributed by atoms with Crippen LogP contribution in [0.15, 0.2) is 69.8 Å². The van der Waals surface area contributed by atoms with Gasteiger partial charge in [-0.15, -0.1) is 11.3 Å². The molecule has 31 heavy (non-hydrogen) atoms. The van der Waals surface area contributed by atoms with Gasteiger partial charge in [0, 0.05) is 17.5 Å². The van der Waals surface area contributed by atoms with Crippen LogP contribution in [0.25, 0.3) is 0 Å². The second-order valence-corrected chi connectivity index (χ2v) is 11.5. The van der Waals surface area contributed by atoms with Crippen molar-refractivity contribution in [3.8, 4) is 11.5 Å². The van der Waals surface area contributed by atoms with E-state index in [1.54, 1.807) is 17.5 Å². The number of rotatable bonds is 7. The van der Waals surface area contributed by atoms with Gasteiger partial charge in [0.25, 0.3) is 0 Å². The number of hydrogen-bond donors (Lipinski definition) is 1. The minimum Gasteiger partial charge on any atom is -0.486 e. The Morgan fingerprint density at radius 3 is 2.29 bits per heavy atom. The molecule has 0 saturated heterocycles. The Labute approximate surface area is 183 Å². The van der Waals surface area contributed by atoms with Gasteiger partial charge in [0.15, 0.2) is 21.3 Å². The van der Waals surface area contributed by atoms with Crippen molar-refractivity contribution in [3.63, 3.8) is 0 Å². The molecule has 1 aliphatic heterocycles. The van der Waals surface area contributed by atoms with E-state index in [-0.39, 0.29) is 9.79 Å². The molecule has 11 heteroatoms. The van der Waals surface area contributed by atoms with Crippen LogP contribution in [0.3, 0.4) is 0 Å². The molecule has 1 N–H and O–H groups in total. The molecular formula is C20H18FNO6S3. The van der Waals surface area contributed by atoms with Crippen LogP contribution in [-0.2, 0) is 19.9 Å². The van der Waals surface area contributed by atoms with Crippen molar-refractivity contribution in [2.45, 2.75) is 15.0 Å². The maximum atomic E-state index is 13.3. The maximum Gasteiger partial charge on any atom is 0.240 e. The third-order valence-electron chi connectivity index (χ3n) is 4.66. The third kappa shape index (κ3) is 4.59. The first-order valence-corrected chi connectivity index (χ1v) is 13.1. The molecule has 1 aromatic heterocycles. The summed E-state index contributed by atoms with van der Waals surface area (Å²) in [5.74, 6) is 0.189. The van der Waals surface area contributed by atoms with Crippen LogP contribution in [0.1, 0.15) is 10.1 Å². The zero-order valence-corrected chi connectivity index (χ0v) is 18.5. The van der Waals surface area contributed by atoms with Gasteiger partial charge in [-0.1, -0.05) is 6.07 Å². The summed E-state index contributed by atoms with van der Waals surface area (Å²) in [5, 5.41) is 0.530. The van der Waals surface area contributed by atoms with Gasteiger partial charge in [-0.2, -0.15) is 0 Å². The molecule has 164 valence electrons. The maximum absolute atomic E-state index is 13.3. The van der Waals surface area contributed by atoms with Gasteiger partial charge >= 0.3 is 0 Å². The van der Waals surface area contributed by atoms with Crippen molar-refractivity contribution in [2.75, 3.05) is 19.8 Å². The van der Waals surface area contributed by atoms with Crippen LogP contribution >= 0.6 is 11.3 Å². The molecule has 0 fully saturated rings. The number of sulfonamides is 1. The summed E-state index contributed by atoms with van der Waals surface area (Å²) < 4.78 is 78.6. The largest absolute Gasteiger partial charge is 0.486 e. The fraction of sp³-hybridized carbons (Fsp3) is 0.200. The van der Waals surface area contributed by atoms with E-state index < -0.39 is 37.5 Å². The number of halogens is 1. The molecule has 4 rings (SSSR count). The zero-order valence-electron chi connectivity index (χ0n) is 16.0. The van der Waals surface area contributed by atoms with E-state index in [0.717, 1.165) is 12.1 Å². The van der Waals surface area contributed by atoms with Crippen molar-refractivity contribution >= 4 is 31.2 Å². The fourth-order valence-electron chi connectivity index (χ4n) is 3.09. The smallest absolute Gasteiger partial charge is 0.240 e. The van der Waals surface area contributed by atoms with Crippen LogP contribution in [0.4, 0.5) is 4.39 Å². The van der Waals surface area contributed by atoms with Crippen LogP contribution < -0.4 is 14.2 Å². The van der Waals surface area contributed by atoms with E-state index in [1.807, 2.05) is 0 Å². The molecule has 0 saturated carbocycles. The zero-order chi connectivity index (χ0) is 22.1. The van der Waals surface area contributed by atoms with Gasteiger partial charge in [-0.25, -0.2) is 25.9 Å². The van der Waals surface area contributed by atoms with Crippen molar-refractivity contribution < 1.29 is 30.7 Å². The summed E-state index contributed by atoms with van der Waals surface area (Å²) in [5.41, 5.74) is 0. The molecule has 0 amide bonds. The molecule has 0 aliphatic carbocycles. The second-order valence-electron chi connectivity index (χ2n) is 6.66. The number of thiophene rings is 1. The minimum absolute atomic E-state index is 0.0686. The second kappa shape index (κ2) is 8.58. The van der Waals surface area contributed by atoms with Crippen LogP contribution in [-0.4, -0.2) is 36.6 Å². The van der Waals surface area contributed by atoms with Crippen LogP contribution in [0.5, 0.6) is 11.5 Å². The molecule has 0 unspecified atom stereocenters. The minimum atomic E-state index is -4.03. The molecule has 1 aliphatic rings. The Morgan fingerprint density at radius 1 is 0.935 bits per heavy atom. The average molecular weight is 484 g/mol. The number of benzene rings is 2. The lowest BCUT2D eigenvalue weighted by Crippen LogP contribution is -2.31. The monoisotopic (exact) mass is 483 g/mol. The van der Waals surface area contributed by atoms with Gasteiger partial charge < -0.3 is 9.47 Å². The van der Waals surface area contributed by atoms with E-state index in [0.29, 0.717) is 29.6 Å². The number of hydrogen-bond acceptors (Lipinski definition) is 7. The Balaban J connectivity index is 1.62.